The molecule has 0 bridgehead atoms. The van der Waals surface area contributed by atoms with Crippen molar-refractivity contribution in [2.45, 2.75) is 12.8 Å². The van der Waals surface area contributed by atoms with Gasteiger partial charge >= 0.3 is 0 Å². The lowest BCUT2D eigenvalue weighted by Crippen LogP contribution is -2.42. The van der Waals surface area contributed by atoms with Gasteiger partial charge in [0.15, 0.2) is 0 Å². The van der Waals surface area contributed by atoms with E-state index in [1.54, 1.807) is 24.3 Å². The number of primary amides is 1. The number of likely N-dealkylation sites (tertiary alicyclic amines) is 1. The van der Waals surface area contributed by atoms with Crippen LogP contribution in [-0.4, -0.2) is 71.8 Å². The number of benzene rings is 1. The Kier molecular flexibility index (Phi) is 6.73. The van der Waals surface area contributed by atoms with Gasteiger partial charge in [-0.05, 0) is 44.1 Å². The summed E-state index contributed by atoms with van der Waals surface area (Å²) in [5.41, 5.74) is 6.57. The maximum Gasteiger partial charge on any atom is 0.253 e. The van der Waals surface area contributed by atoms with E-state index in [4.69, 9.17) is 5.73 Å². The van der Waals surface area contributed by atoms with E-state index in [0.29, 0.717) is 37.2 Å². The number of nitrogens with one attached hydrogen (secondary N) is 1. The Hall–Kier alpha value is -2.06. The summed E-state index contributed by atoms with van der Waals surface area (Å²) in [6.07, 6.45) is 1.39. The van der Waals surface area contributed by atoms with E-state index in [2.05, 4.69) is 5.32 Å². The number of hydrogen-bond donors (Lipinski definition) is 2. The average molecular weight is 391 g/mol. The second-order valence-corrected chi connectivity index (χ2v) is 8.21. The number of amides is 3. The minimum Gasteiger partial charge on any atom is -0.369 e. The lowest BCUT2D eigenvalue weighted by molar-refractivity contribution is -0.123. The molecule has 0 aliphatic carbocycles. The van der Waals surface area contributed by atoms with Crippen LogP contribution in [-0.2, 0) is 9.59 Å². The zero-order valence-corrected chi connectivity index (χ0v) is 16.2. The molecule has 2 fully saturated rings. The van der Waals surface area contributed by atoms with Gasteiger partial charge in [-0.15, -0.1) is 0 Å². The van der Waals surface area contributed by atoms with Crippen LogP contribution >= 0.6 is 11.8 Å². The summed E-state index contributed by atoms with van der Waals surface area (Å²) in [6.45, 7) is 3.18. The molecule has 2 aliphatic heterocycles. The number of thioether (sulfide) groups is 1. The van der Waals surface area contributed by atoms with Gasteiger partial charge in [-0.3, -0.25) is 19.3 Å². The van der Waals surface area contributed by atoms with Gasteiger partial charge in [0.2, 0.25) is 11.8 Å². The number of nitrogens with two attached hydrogens (primary N) is 1. The molecule has 0 radical (unpaired) electrons. The molecule has 0 atom stereocenters. The molecule has 7 nitrogen and oxygen atoms in total. The monoisotopic (exact) mass is 390 g/mol. The summed E-state index contributed by atoms with van der Waals surface area (Å²) >= 11 is 1.86. The van der Waals surface area contributed by atoms with Crippen LogP contribution in [0, 0.1) is 5.92 Å². The number of hydrogen-bond acceptors (Lipinski definition) is 5. The summed E-state index contributed by atoms with van der Waals surface area (Å²) in [5, 5.41) is 2.87. The topological polar surface area (TPSA) is 95.7 Å². The smallest absolute Gasteiger partial charge is 0.253 e. The van der Waals surface area contributed by atoms with Crippen molar-refractivity contribution in [2.24, 2.45) is 11.7 Å². The van der Waals surface area contributed by atoms with Crippen molar-refractivity contribution in [3.8, 4) is 0 Å². The number of anilines is 1. The zero-order valence-electron chi connectivity index (χ0n) is 15.4. The van der Waals surface area contributed by atoms with Crippen molar-refractivity contribution in [3.05, 3.63) is 29.8 Å². The van der Waals surface area contributed by atoms with E-state index >= 15 is 0 Å². The minimum absolute atomic E-state index is 0.0138. The van der Waals surface area contributed by atoms with Crippen molar-refractivity contribution >= 4 is 35.2 Å². The van der Waals surface area contributed by atoms with Crippen LogP contribution in [0.1, 0.15) is 23.2 Å². The quantitative estimate of drug-likeness (QED) is 0.782. The fourth-order valence-corrected chi connectivity index (χ4v) is 4.36. The first-order chi connectivity index (χ1) is 13.0. The van der Waals surface area contributed by atoms with Crippen LogP contribution in [0.2, 0.25) is 0 Å². The van der Waals surface area contributed by atoms with E-state index in [9.17, 15) is 14.4 Å². The first-order valence-electron chi connectivity index (χ1n) is 9.31. The van der Waals surface area contributed by atoms with Crippen molar-refractivity contribution in [2.75, 3.05) is 49.5 Å². The third-order valence-electron chi connectivity index (χ3n) is 5.05. The average Bonchev–Trinajstić information content (AvgIpc) is 2.68. The Bertz CT molecular complexity index is 698. The van der Waals surface area contributed by atoms with Crippen LogP contribution in [0.25, 0.3) is 0 Å². The number of piperidine rings is 1. The molecule has 0 unspecified atom stereocenters. The fraction of sp³-hybridized carbons (Fsp3) is 0.526. The molecule has 2 aliphatic rings. The minimum atomic E-state index is -0.257. The Morgan fingerprint density at radius 3 is 2.48 bits per heavy atom. The van der Waals surface area contributed by atoms with Crippen LogP contribution < -0.4 is 11.1 Å². The zero-order chi connectivity index (χ0) is 19.2. The van der Waals surface area contributed by atoms with Crippen LogP contribution in [0.15, 0.2) is 24.3 Å². The molecule has 3 N–H and O–H groups in total. The van der Waals surface area contributed by atoms with Crippen molar-refractivity contribution in [1.82, 2.24) is 9.80 Å². The van der Waals surface area contributed by atoms with Gasteiger partial charge in [0.1, 0.15) is 0 Å². The van der Waals surface area contributed by atoms with E-state index in [0.717, 1.165) is 24.6 Å². The maximum atomic E-state index is 12.6. The first kappa shape index (κ1) is 19.7. The molecule has 2 saturated heterocycles. The highest BCUT2D eigenvalue weighted by Gasteiger charge is 2.24. The summed E-state index contributed by atoms with van der Waals surface area (Å²) in [4.78, 5) is 40.0. The third-order valence-corrected chi connectivity index (χ3v) is 5.99. The lowest BCUT2D eigenvalue weighted by Gasteiger charge is -2.29. The predicted octanol–water partition coefficient (Wildman–Crippen LogP) is 1.01. The maximum absolute atomic E-state index is 12.6. The SMILES string of the molecule is NC(=O)C1CCN(CC(=O)Nc2cccc(C(=O)N3CCSCC3)c2)CC1. The Morgan fingerprint density at radius 1 is 1.11 bits per heavy atom. The third kappa shape index (κ3) is 5.46. The van der Waals surface area contributed by atoms with Crippen LogP contribution in [0.5, 0.6) is 0 Å². The van der Waals surface area contributed by atoms with Crippen LogP contribution in [0.4, 0.5) is 5.69 Å². The molecule has 0 aromatic heterocycles. The van der Waals surface area contributed by atoms with Crippen molar-refractivity contribution in [3.63, 3.8) is 0 Å². The largest absolute Gasteiger partial charge is 0.369 e. The molecule has 27 heavy (non-hydrogen) atoms. The van der Waals surface area contributed by atoms with Gasteiger partial charge in [-0.1, -0.05) is 6.07 Å². The molecule has 0 spiro atoms. The molecule has 146 valence electrons. The summed E-state index contributed by atoms with van der Waals surface area (Å²) in [5.74, 6) is 1.49. The lowest BCUT2D eigenvalue weighted by atomic mass is 9.96. The standard InChI is InChI=1S/C19H26N4O3S/c20-18(25)14-4-6-22(7-5-14)13-17(24)21-16-3-1-2-15(12-16)19(26)23-8-10-27-11-9-23/h1-3,12,14H,4-11,13H2,(H2,20,25)(H,21,24). The van der Waals surface area contributed by atoms with Crippen LogP contribution in [0.3, 0.4) is 0 Å². The summed E-state index contributed by atoms with van der Waals surface area (Å²) in [6, 6.07) is 7.11. The molecule has 2 heterocycles. The number of carbonyl (C=O) groups is 3. The fourth-order valence-electron chi connectivity index (χ4n) is 3.46. The second kappa shape index (κ2) is 9.23. The Morgan fingerprint density at radius 2 is 1.81 bits per heavy atom. The Balaban J connectivity index is 1.52. The molecule has 1 aromatic rings. The van der Waals surface area contributed by atoms with Crippen molar-refractivity contribution in [1.29, 1.82) is 0 Å². The summed E-state index contributed by atoms with van der Waals surface area (Å²) in [7, 11) is 0. The second-order valence-electron chi connectivity index (χ2n) is 6.99. The number of rotatable bonds is 5. The normalized spacial score (nSPS) is 18.9. The number of carbonyl (C=O) groups excluding carboxylic acids is 3. The molecule has 0 saturated carbocycles. The van der Waals surface area contributed by atoms with E-state index in [-0.39, 0.29) is 30.2 Å². The van der Waals surface area contributed by atoms with E-state index in [1.165, 1.54) is 0 Å². The highest BCUT2D eigenvalue weighted by atomic mass is 32.2. The van der Waals surface area contributed by atoms with Gasteiger partial charge in [0, 0.05) is 41.8 Å². The van der Waals surface area contributed by atoms with Gasteiger partial charge < -0.3 is 16.0 Å². The highest BCUT2D eigenvalue weighted by Crippen LogP contribution is 2.18. The number of nitrogens with zero attached hydrogens (tertiary/aromatic N) is 2. The molecule has 8 heteroatoms. The molecular formula is C19H26N4O3S. The van der Waals surface area contributed by atoms with Crippen molar-refractivity contribution < 1.29 is 14.4 Å². The van der Waals surface area contributed by atoms with E-state index in [1.807, 2.05) is 21.6 Å². The van der Waals surface area contributed by atoms with Gasteiger partial charge in [0.05, 0.1) is 6.54 Å². The molecule has 3 amide bonds. The molecular weight excluding hydrogens is 364 g/mol. The highest BCUT2D eigenvalue weighted by molar-refractivity contribution is 7.99. The first-order valence-corrected chi connectivity index (χ1v) is 10.5. The summed E-state index contributed by atoms with van der Waals surface area (Å²) < 4.78 is 0. The van der Waals surface area contributed by atoms with Gasteiger partial charge in [-0.2, -0.15) is 11.8 Å². The predicted molar refractivity (Wildman–Crippen MR) is 107 cm³/mol. The van der Waals surface area contributed by atoms with Gasteiger partial charge in [0.25, 0.3) is 5.91 Å². The molecule has 1 aromatic carbocycles. The Labute approximate surface area is 163 Å². The van der Waals surface area contributed by atoms with Gasteiger partial charge in [-0.25, -0.2) is 0 Å². The molecule has 3 rings (SSSR count). The van der Waals surface area contributed by atoms with E-state index < -0.39 is 0 Å².